The zero-order valence-corrected chi connectivity index (χ0v) is 52.3. The topological polar surface area (TPSA) is 78.9 Å². The monoisotopic (exact) mass is 1110 g/mol. The van der Waals surface area contributed by atoms with Gasteiger partial charge in [-0.2, -0.15) is 0 Å². The number of ether oxygens (including phenoxy) is 3. The molecule has 456 valence electrons. The van der Waals surface area contributed by atoms with E-state index in [9.17, 15) is 14.4 Å². The fourth-order valence-electron chi connectivity index (χ4n) is 9.20. The van der Waals surface area contributed by atoms with Gasteiger partial charge in [0.2, 0.25) is 0 Å². The Labute approximate surface area is 494 Å². The standard InChI is InChI=1S/C74H124O6/c1-4-7-10-13-16-19-22-24-26-28-30-31-32-33-34-35-36-37-38-39-40-41-42-43-45-46-48-50-52-55-58-61-64-67-73(76)79-70-71(69-78-72(75)66-63-60-57-54-21-18-15-12-9-6-3)80-74(77)68-65-62-59-56-53-51-49-47-44-29-27-25-23-20-17-14-11-8-5-2/h7,10,12,15-16,19,24,26,30-31,33-34,36-37,39-40,42-43,46,48,71H,4-6,8-9,11,13-14,17-18,20-23,25,27-29,32,35,38,41,44-45,47,49-70H2,1-3H3/b10-7-,15-12-,19-16-,26-24-,31-30-,34-33-,37-36-,40-39-,43-42-,48-46-. The summed E-state index contributed by atoms with van der Waals surface area (Å²) in [7, 11) is 0. The second kappa shape index (κ2) is 67.3. The third kappa shape index (κ3) is 64.6. The second-order valence-electron chi connectivity index (χ2n) is 22.0. The lowest BCUT2D eigenvalue weighted by Crippen LogP contribution is -2.30. The number of hydrogen-bond acceptors (Lipinski definition) is 6. The van der Waals surface area contributed by atoms with Gasteiger partial charge in [-0.15, -0.1) is 0 Å². The summed E-state index contributed by atoms with van der Waals surface area (Å²) in [5, 5.41) is 0. The van der Waals surface area contributed by atoms with Crippen LogP contribution in [-0.4, -0.2) is 37.2 Å². The molecule has 1 atom stereocenters. The quantitative estimate of drug-likeness (QED) is 0.0261. The molecule has 1 unspecified atom stereocenters. The lowest BCUT2D eigenvalue weighted by Gasteiger charge is -2.18. The fraction of sp³-hybridized carbons (Fsp3) is 0.689. The highest BCUT2D eigenvalue weighted by Crippen LogP contribution is 2.17. The van der Waals surface area contributed by atoms with Gasteiger partial charge in [-0.25, -0.2) is 0 Å². The summed E-state index contributed by atoms with van der Waals surface area (Å²) in [6.45, 7) is 6.47. The minimum Gasteiger partial charge on any atom is -0.462 e. The van der Waals surface area contributed by atoms with Crippen molar-refractivity contribution in [2.45, 2.75) is 316 Å². The van der Waals surface area contributed by atoms with Crippen LogP contribution in [-0.2, 0) is 28.6 Å². The predicted octanol–water partition coefficient (Wildman–Crippen LogP) is 23.2. The van der Waals surface area contributed by atoms with E-state index in [1.807, 2.05) is 0 Å². The molecule has 0 aliphatic heterocycles. The Kier molecular flexibility index (Phi) is 63.8. The van der Waals surface area contributed by atoms with Crippen molar-refractivity contribution in [1.82, 2.24) is 0 Å². The Hall–Kier alpha value is -4.19. The van der Waals surface area contributed by atoms with E-state index in [-0.39, 0.29) is 31.1 Å². The first-order valence-electron chi connectivity index (χ1n) is 33.5. The highest BCUT2D eigenvalue weighted by molar-refractivity contribution is 5.71. The van der Waals surface area contributed by atoms with E-state index in [2.05, 4.69) is 142 Å². The molecule has 0 N–H and O–H groups in total. The average Bonchev–Trinajstić information content (AvgIpc) is 3.46. The Morgan fingerprint density at radius 3 is 0.825 bits per heavy atom. The Balaban J connectivity index is 4.26. The van der Waals surface area contributed by atoms with Crippen molar-refractivity contribution in [3.8, 4) is 0 Å². The van der Waals surface area contributed by atoms with Crippen LogP contribution in [0, 0.1) is 0 Å². The van der Waals surface area contributed by atoms with Crippen molar-refractivity contribution in [3.05, 3.63) is 122 Å². The van der Waals surface area contributed by atoms with Crippen LogP contribution in [0.1, 0.15) is 310 Å². The Morgan fingerprint density at radius 2 is 0.512 bits per heavy atom. The molecule has 6 heteroatoms. The third-order valence-electron chi connectivity index (χ3n) is 14.2. The van der Waals surface area contributed by atoms with Crippen LogP contribution in [0.15, 0.2) is 122 Å². The third-order valence-corrected chi connectivity index (χ3v) is 14.2. The number of allylic oxidation sites excluding steroid dienone is 20. The van der Waals surface area contributed by atoms with Gasteiger partial charge >= 0.3 is 17.9 Å². The average molecular weight is 1110 g/mol. The molecule has 0 amide bonds. The van der Waals surface area contributed by atoms with Gasteiger partial charge in [-0.05, 0) is 109 Å². The highest BCUT2D eigenvalue weighted by Gasteiger charge is 2.19. The van der Waals surface area contributed by atoms with Gasteiger partial charge in [0.25, 0.3) is 0 Å². The van der Waals surface area contributed by atoms with Crippen molar-refractivity contribution in [1.29, 1.82) is 0 Å². The van der Waals surface area contributed by atoms with E-state index in [0.29, 0.717) is 19.3 Å². The minimum absolute atomic E-state index is 0.0878. The number of esters is 3. The van der Waals surface area contributed by atoms with E-state index in [1.54, 1.807) is 0 Å². The lowest BCUT2D eigenvalue weighted by atomic mass is 10.0. The Morgan fingerprint density at radius 1 is 0.263 bits per heavy atom. The molecule has 0 aromatic rings. The SMILES string of the molecule is CC/C=C\C/C=C\C/C=C\C/C=C\C/C=C\C/C=C\C/C=C\C/C=C\C/C=C\CCCCCCCC(=O)OCC(COC(=O)CCCCCCC/C=C\CCC)OC(=O)CCCCCCCCCCCCCCCCCCCCC. The summed E-state index contributed by atoms with van der Waals surface area (Å²) in [4.78, 5) is 38.2. The molecule has 0 saturated carbocycles. The number of unbranched alkanes of at least 4 members (excludes halogenated alkanes) is 29. The van der Waals surface area contributed by atoms with Crippen LogP contribution in [0.5, 0.6) is 0 Å². The minimum atomic E-state index is -0.790. The van der Waals surface area contributed by atoms with Gasteiger partial charge < -0.3 is 14.2 Å². The number of carbonyl (C=O) groups excluding carboxylic acids is 3. The fourth-order valence-corrected chi connectivity index (χ4v) is 9.20. The maximum absolute atomic E-state index is 12.9. The van der Waals surface area contributed by atoms with Gasteiger partial charge in [-0.1, -0.05) is 303 Å². The zero-order valence-electron chi connectivity index (χ0n) is 52.3. The molecule has 0 spiro atoms. The van der Waals surface area contributed by atoms with Crippen LogP contribution in [0.3, 0.4) is 0 Å². The molecule has 0 radical (unpaired) electrons. The molecule has 6 nitrogen and oxygen atoms in total. The molecule has 0 aliphatic rings. The van der Waals surface area contributed by atoms with Crippen molar-refractivity contribution < 1.29 is 28.6 Å². The maximum atomic E-state index is 12.9. The van der Waals surface area contributed by atoms with Gasteiger partial charge in [-0.3, -0.25) is 14.4 Å². The van der Waals surface area contributed by atoms with Crippen LogP contribution >= 0.6 is 0 Å². The number of hydrogen-bond donors (Lipinski definition) is 0. The van der Waals surface area contributed by atoms with E-state index < -0.39 is 6.10 Å². The lowest BCUT2D eigenvalue weighted by molar-refractivity contribution is -0.167. The summed E-state index contributed by atoms with van der Waals surface area (Å²) < 4.78 is 16.9. The largest absolute Gasteiger partial charge is 0.462 e. The molecule has 0 bridgehead atoms. The predicted molar refractivity (Wildman–Crippen MR) is 348 cm³/mol. The molecule has 0 heterocycles. The molecule has 0 rings (SSSR count). The molecule has 0 saturated heterocycles. The van der Waals surface area contributed by atoms with E-state index in [4.69, 9.17) is 14.2 Å². The molecule has 0 aromatic carbocycles. The van der Waals surface area contributed by atoms with Crippen molar-refractivity contribution in [2.75, 3.05) is 13.2 Å². The van der Waals surface area contributed by atoms with Gasteiger partial charge in [0, 0.05) is 19.3 Å². The number of rotatable bonds is 60. The van der Waals surface area contributed by atoms with Crippen LogP contribution in [0.4, 0.5) is 0 Å². The summed E-state index contributed by atoms with van der Waals surface area (Å²) in [5.41, 5.74) is 0. The van der Waals surface area contributed by atoms with Crippen LogP contribution < -0.4 is 0 Å². The van der Waals surface area contributed by atoms with E-state index in [1.165, 1.54) is 116 Å². The van der Waals surface area contributed by atoms with Gasteiger partial charge in [0.05, 0.1) is 0 Å². The molecule has 80 heavy (non-hydrogen) atoms. The molecule has 0 fully saturated rings. The molecule has 0 aliphatic carbocycles. The zero-order chi connectivity index (χ0) is 57.8. The normalized spacial score (nSPS) is 12.9. The summed E-state index contributed by atoms with van der Waals surface area (Å²) in [5.74, 6) is -0.909. The number of carbonyl (C=O) groups is 3. The van der Waals surface area contributed by atoms with Crippen molar-refractivity contribution >= 4 is 17.9 Å². The van der Waals surface area contributed by atoms with Crippen molar-refractivity contribution in [3.63, 3.8) is 0 Å². The smallest absolute Gasteiger partial charge is 0.306 e. The van der Waals surface area contributed by atoms with E-state index >= 15 is 0 Å². The first-order chi connectivity index (χ1) is 39.5. The molecule has 0 aromatic heterocycles. The molecular formula is C74H124O6. The first kappa shape index (κ1) is 75.8. The first-order valence-corrected chi connectivity index (χ1v) is 33.5. The maximum Gasteiger partial charge on any atom is 0.306 e. The van der Waals surface area contributed by atoms with Gasteiger partial charge in [0.15, 0.2) is 6.10 Å². The summed E-state index contributed by atoms with van der Waals surface area (Å²) >= 11 is 0. The Bertz CT molecular complexity index is 1650. The second-order valence-corrected chi connectivity index (χ2v) is 22.0. The van der Waals surface area contributed by atoms with Crippen molar-refractivity contribution in [2.24, 2.45) is 0 Å². The van der Waals surface area contributed by atoms with E-state index in [0.717, 1.165) is 154 Å². The highest BCUT2D eigenvalue weighted by atomic mass is 16.6. The molecular weight excluding hydrogens is 985 g/mol. The summed E-state index contributed by atoms with van der Waals surface area (Å²) in [6.07, 6.45) is 93.6. The van der Waals surface area contributed by atoms with Crippen LogP contribution in [0.25, 0.3) is 0 Å². The summed E-state index contributed by atoms with van der Waals surface area (Å²) in [6, 6.07) is 0. The van der Waals surface area contributed by atoms with Crippen LogP contribution in [0.2, 0.25) is 0 Å². The van der Waals surface area contributed by atoms with Gasteiger partial charge in [0.1, 0.15) is 13.2 Å².